The molecule has 0 aromatic rings. The number of carbonyl (C=O) groups is 1. The van der Waals surface area contributed by atoms with Crippen molar-refractivity contribution >= 4 is 11.7 Å². The number of aliphatic hydroxyl groups is 2. The number of nitrogens with zero attached hydrogens (tertiary/aromatic N) is 1. The van der Waals surface area contributed by atoms with Gasteiger partial charge in [0.2, 0.25) is 0 Å². The fraction of sp³-hybridized carbons (Fsp3) is 0.750. The third-order valence-corrected chi connectivity index (χ3v) is 14.5. The number of carbonyl (C=O) groups excluding carboxylic acids is 1. The van der Waals surface area contributed by atoms with E-state index < -0.39 is 96.9 Å². The molecule has 63 heavy (non-hydrogen) atoms. The van der Waals surface area contributed by atoms with Crippen LogP contribution in [0.5, 0.6) is 0 Å². The van der Waals surface area contributed by atoms with Crippen LogP contribution in [0.1, 0.15) is 93.9 Å². The number of ether oxygens (including phenoxy) is 10. The van der Waals surface area contributed by atoms with Crippen molar-refractivity contribution in [1.82, 2.24) is 0 Å². The van der Waals surface area contributed by atoms with Gasteiger partial charge < -0.3 is 62.8 Å². The monoisotopic (exact) mass is 885 g/mol. The van der Waals surface area contributed by atoms with Gasteiger partial charge in [0.05, 0.1) is 49.3 Å². The van der Waals surface area contributed by atoms with E-state index in [1.54, 1.807) is 40.2 Å². The van der Waals surface area contributed by atoms with Crippen LogP contribution in [-0.2, 0) is 52.2 Å². The summed E-state index contributed by atoms with van der Waals surface area (Å²) in [5, 5.41) is 36.7. The second-order valence-corrected chi connectivity index (χ2v) is 18.9. The van der Waals surface area contributed by atoms with Gasteiger partial charge in [-0.2, -0.15) is 0 Å². The molecular formula is C48H71NO14. The number of aliphatic hydroxyl groups excluding tert-OH is 1. The van der Waals surface area contributed by atoms with E-state index in [1.807, 2.05) is 32.1 Å². The summed E-state index contributed by atoms with van der Waals surface area (Å²) in [6.07, 6.45) is 9.39. The van der Waals surface area contributed by atoms with Crippen LogP contribution in [0.3, 0.4) is 0 Å². The number of rotatable bonds is 8. The number of hydrogen-bond acceptors (Lipinski definition) is 15. The molecule has 2 bridgehead atoms. The molecule has 1 aliphatic carbocycles. The van der Waals surface area contributed by atoms with E-state index in [4.69, 9.17) is 47.4 Å². The first-order valence-electron chi connectivity index (χ1n) is 22.9. The first kappa shape index (κ1) is 48.1. The molecule has 19 atom stereocenters. The molecule has 6 heterocycles. The fourth-order valence-electron chi connectivity index (χ4n) is 10.6. The molecule has 1 unspecified atom stereocenters. The number of oxime groups is 1. The highest BCUT2D eigenvalue weighted by Gasteiger charge is 2.60. The van der Waals surface area contributed by atoms with Crippen LogP contribution in [0.2, 0.25) is 0 Å². The second-order valence-electron chi connectivity index (χ2n) is 18.9. The van der Waals surface area contributed by atoms with Gasteiger partial charge in [-0.25, -0.2) is 0 Å². The van der Waals surface area contributed by atoms with E-state index in [1.165, 1.54) is 0 Å². The summed E-state index contributed by atoms with van der Waals surface area (Å²) in [6.45, 7) is 16.0. The lowest BCUT2D eigenvalue weighted by Gasteiger charge is -2.48. The number of esters is 1. The third-order valence-electron chi connectivity index (χ3n) is 14.5. The Morgan fingerprint density at radius 2 is 1.65 bits per heavy atom. The quantitative estimate of drug-likeness (QED) is 0.114. The minimum atomic E-state index is -1.88. The maximum atomic E-state index is 14.4. The standard InChI is InChI=1S/C48H71NO14/c1-11-25(2)43-28(5)17-18-47(63-43)23-34-20-33(62-47)16-15-27(4)42(60-39-22-37(55-10)44(31(8)58-39)61-38-21-36(54-9)41(50)30(7)57-38)26(3)13-12-14-32-24-56-45-40(49-53)29(6)19-35(46(51)59-34)48(32,45)52/h12-15,17-19,25-26,28,30-31,33-39,41-45,50,52-53H,11,16,20-24H2,1-10H3/b13-12-,27-15-,32-14?,49-40+/t25?,26-,28-,30-,31-,33+,34-,35-,36-,37-,38-,39-,41-,42-,43+,44-,45+,47+,48+/m0/s1. The lowest BCUT2D eigenvalue weighted by atomic mass is 9.71. The van der Waals surface area contributed by atoms with Crippen LogP contribution in [0.25, 0.3) is 0 Å². The Hall–Kier alpha value is -2.80. The van der Waals surface area contributed by atoms with Crippen molar-refractivity contribution in [3.8, 4) is 0 Å². The average molecular weight is 886 g/mol. The van der Waals surface area contributed by atoms with Gasteiger partial charge in [-0.3, -0.25) is 4.79 Å². The maximum absolute atomic E-state index is 14.4. The Morgan fingerprint density at radius 1 is 0.937 bits per heavy atom. The van der Waals surface area contributed by atoms with Crippen LogP contribution >= 0.6 is 0 Å². The first-order chi connectivity index (χ1) is 30.0. The largest absolute Gasteiger partial charge is 0.462 e. The van der Waals surface area contributed by atoms with Gasteiger partial charge in [0.1, 0.15) is 41.6 Å². The van der Waals surface area contributed by atoms with E-state index in [2.05, 4.69) is 45.0 Å². The predicted octanol–water partition coefficient (Wildman–Crippen LogP) is 5.85. The van der Waals surface area contributed by atoms with Crippen molar-refractivity contribution in [3.63, 3.8) is 0 Å². The SMILES string of the molecule is CCC(C)[C@H]1O[C@]2(C=C[C@@H]1C)C[C@@H]1C[C@@H](C/C=C(/C)[C@@H](O[C@H]3C[C@H](OC)[C@@H](O[C@H]4C[C@H](OC)[C@@H](O)[C@H](C)O4)[C@H](C)O3)[C@@H](C)/C=C\C=C3CO[C@@H]4/C(=N/O)C(C)=C[C@@H](C(=O)O1)[C@]34O)O2. The van der Waals surface area contributed by atoms with Gasteiger partial charge in [0.25, 0.3) is 0 Å². The highest BCUT2D eigenvalue weighted by Crippen LogP contribution is 2.46. The molecule has 4 fully saturated rings. The summed E-state index contributed by atoms with van der Waals surface area (Å²) in [5.41, 5.74) is 0.200. The van der Waals surface area contributed by atoms with Crippen LogP contribution < -0.4 is 0 Å². The Bertz CT molecular complexity index is 1810. The highest BCUT2D eigenvalue weighted by atomic mass is 16.7. The summed E-state index contributed by atoms with van der Waals surface area (Å²) in [6, 6.07) is 0. The van der Waals surface area contributed by atoms with Gasteiger partial charge in [-0.05, 0) is 62.8 Å². The molecule has 0 aromatic heterocycles. The van der Waals surface area contributed by atoms with Crippen LogP contribution in [-0.4, -0.2) is 139 Å². The fourth-order valence-corrected chi connectivity index (χ4v) is 10.6. The van der Waals surface area contributed by atoms with Crippen molar-refractivity contribution in [3.05, 3.63) is 59.3 Å². The molecule has 0 radical (unpaired) electrons. The molecule has 0 saturated carbocycles. The Labute approximate surface area is 372 Å². The van der Waals surface area contributed by atoms with E-state index in [9.17, 15) is 20.2 Å². The summed E-state index contributed by atoms with van der Waals surface area (Å²) >= 11 is 0. The van der Waals surface area contributed by atoms with Gasteiger partial charge in [-0.15, -0.1) is 0 Å². The van der Waals surface area contributed by atoms with Crippen molar-refractivity contribution in [1.29, 1.82) is 0 Å². The molecule has 1 spiro atoms. The molecule has 15 nitrogen and oxygen atoms in total. The molecule has 7 aliphatic rings. The molecule has 6 aliphatic heterocycles. The maximum Gasteiger partial charge on any atom is 0.316 e. The summed E-state index contributed by atoms with van der Waals surface area (Å²) in [5.74, 6) is -2.66. The Kier molecular flexibility index (Phi) is 15.3. The molecule has 0 amide bonds. The first-order valence-corrected chi connectivity index (χ1v) is 22.9. The summed E-state index contributed by atoms with van der Waals surface area (Å²) in [4.78, 5) is 14.4. The molecular weight excluding hydrogens is 815 g/mol. The smallest absolute Gasteiger partial charge is 0.316 e. The molecule has 7 rings (SSSR count). The molecule has 0 aromatic carbocycles. The summed E-state index contributed by atoms with van der Waals surface area (Å²) in [7, 11) is 3.21. The number of allylic oxidation sites excluding steroid dienone is 2. The van der Waals surface area contributed by atoms with Crippen LogP contribution in [0.4, 0.5) is 0 Å². The minimum absolute atomic E-state index is 0.00586. The zero-order valence-electron chi connectivity index (χ0n) is 38.6. The molecule has 3 N–H and O–H groups in total. The third kappa shape index (κ3) is 9.85. The number of methoxy groups -OCH3 is 2. The Morgan fingerprint density at radius 3 is 2.37 bits per heavy atom. The van der Waals surface area contributed by atoms with E-state index in [0.717, 1.165) is 12.0 Å². The van der Waals surface area contributed by atoms with E-state index >= 15 is 0 Å². The van der Waals surface area contributed by atoms with Gasteiger partial charge in [-0.1, -0.05) is 75.7 Å². The molecule has 352 valence electrons. The number of fused-ring (bicyclic) bond motifs is 2. The average Bonchev–Trinajstić information content (AvgIpc) is 3.59. The number of hydrogen-bond donors (Lipinski definition) is 3. The lowest BCUT2D eigenvalue weighted by molar-refractivity contribution is -0.318. The van der Waals surface area contributed by atoms with E-state index in [-0.39, 0.29) is 42.6 Å². The summed E-state index contributed by atoms with van der Waals surface area (Å²) < 4.78 is 63.8. The molecule has 15 heteroatoms. The topological polar surface area (TPSA) is 182 Å². The second kappa shape index (κ2) is 20.0. The zero-order valence-corrected chi connectivity index (χ0v) is 38.6. The predicted molar refractivity (Wildman–Crippen MR) is 231 cm³/mol. The normalized spacial score (nSPS) is 47.2. The highest BCUT2D eigenvalue weighted by molar-refractivity contribution is 6.06. The lowest BCUT2D eigenvalue weighted by Crippen LogP contribution is -2.57. The van der Waals surface area contributed by atoms with Crippen molar-refractivity contribution in [2.24, 2.45) is 28.8 Å². The van der Waals surface area contributed by atoms with Crippen molar-refractivity contribution in [2.45, 2.75) is 185 Å². The zero-order chi connectivity index (χ0) is 45.4. The van der Waals surface area contributed by atoms with Crippen molar-refractivity contribution in [2.75, 3.05) is 20.8 Å². The Balaban J connectivity index is 1.19. The molecule has 4 saturated heterocycles. The van der Waals surface area contributed by atoms with Gasteiger partial charge in [0.15, 0.2) is 18.4 Å². The van der Waals surface area contributed by atoms with Crippen LogP contribution in [0, 0.1) is 23.7 Å². The van der Waals surface area contributed by atoms with Gasteiger partial charge >= 0.3 is 5.97 Å². The van der Waals surface area contributed by atoms with Crippen molar-refractivity contribution < 1.29 is 67.6 Å². The van der Waals surface area contributed by atoms with Crippen LogP contribution in [0.15, 0.2) is 64.4 Å². The minimum Gasteiger partial charge on any atom is -0.462 e. The van der Waals surface area contributed by atoms with E-state index in [0.29, 0.717) is 36.8 Å². The van der Waals surface area contributed by atoms with Gasteiger partial charge in [0, 0.05) is 51.7 Å².